The van der Waals surface area contributed by atoms with Crippen molar-refractivity contribution >= 4 is 5.97 Å². The van der Waals surface area contributed by atoms with Crippen LogP contribution < -0.4 is 0 Å². The van der Waals surface area contributed by atoms with Crippen molar-refractivity contribution < 1.29 is 14.3 Å². The van der Waals surface area contributed by atoms with Gasteiger partial charge in [-0.05, 0) is 104 Å². The molecule has 0 spiro atoms. The molecule has 0 amide bonds. The molecule has 1 aliphatic heterocycles. The van der Waals surface area contributed by atoms with E-state index in [4.69, 9.17) is 9.47 Å². The maximum atomic E-state index is 11.1. The minimum Gasteiger partial charge on any atom is -0.494 e. The first kappa shape index (κ1) is 23.5. The lowest BCUT2D eigenvalue weighted by molar-refractivity contribution is -0.142. The van der Waals surface area contributed by atoms with Gasteiger partial charge >= 0.3 is 5.97 Å². The first-order valence-electron chi connectivity index (χ1n) is 13.8. The van der Waals surface area contributed by atoms with Crippen LogP contribution in [0.5, 0.6) is 0 Å². The highest BCUT2D eigenvalue weighted by atomic mass is 16.5. The largest absolute Gasteiger partial charge is 0.494 e. The molecule has 0 aromatic heterocycles. The molecule has 0 aromatic carbocycles. The number of hydrogen-bond acceptors (Lipinski definition) is 3. The van der Waals surface area contributed by atoms with Crippen molar-refractivity contribution in [3.05, 3.63) is 23.0 Å². The highest BCUT2D eigenvalue weighted by Gasteiger charge is 2.63. The minimum absolute atomic E-state index is 0.181. The van der Waals surface area contributed by atoms with Crippen molar-refractivity contribution in [2.24, 2.45) is 46.3 Å². The van der Waals surface area contributed by atoms with E-state index in [1.165, 1.54) is 63.2 Å². The number of ether oxygens (including phenoxy) is 2. The van der Waals surface area contributed by atoms with Crippen LogP contribution in [0.2, 0.25) is 0 Å². The van der Waals surface area contributed by atoms with E-state index in [9.17, 15) is 4.79 Å². The summed E-state index contributed by atoms with van der Waals surface area (Å²) >= 11 is 0. The minimum atomic E-state index is -0.181. The van der Waals surface area contributed by atoms with Gasteiger partial charge in [0.2, 0.25) is 0 Å². The number of carbonyl (C=O) groups is 1. The van der Waals surface area contributed by atoms with E-state index in [1.54, 1.807) is 0 Å². The first-order chi connectivity index (χ1) is 15.6. The van der Waals surface area contributed by atoms with Crippen LogP contribution in [0.25, 0.3) is 0 Å². The molecular weight excluding hydrogens is 408 g/mol. The number of rotatable bonds is 5. The zero-order chi connectivity index (χ0) is 23.5. The van der Waals surface area contributed by atoms with Gasteiger partial charge in [-0.1, -0.05) is 39.3 Å². The fraction of sp³-hybridized carbons (Fsp3) is 0.833. The molecule has 5 aliphatic rings. The molecule has 0 radical (unpaired) electrons. The van der Waals surface area contributed by atoms with Crippen LogP contribution in [0.4, 0.5) is 0 Å². The van der Waals surface area contributed by atoms with Gasteiger partial charge in [0.25, 0.3) is 0 Å². The molecule has 33 heavy (non-hydrogen) atoms. The molecule has 4 aliphatic carbocycles. The first-order valence-corrected chi connectivity index (χ1v) is 13.8. The Bertz CT molecular complexity index is 855. The van der Waals surface area contributed by atoms with Crippen LogP contribution in [-0.2, 0) is 14.3 Å². The average molecular weight is 455 g/mol. The molecule has 3 nitrogen and oxygen atoms in total. The summed E-state index contributed by atoms with van der Waals surface area (Å²) in [4.78, 5) is 11.1. The van der Waals surface area contributed by atoms with Crippen molar-refractivity contribution in [1.82, 2.24) is 0 Å². The Morgan fingerprint density at radius 3 is 2.79 bits per heavy atom. The van der Waals surface area contributed by atoms with E-state index in [-0.39, 0.29) is 5.97 Å². The summed E-state index contributed by atoms with van der Waals surface area (Å²) in [5.41, 5.74) is 4.20. The van der Waals surface area contributed by atoms with E-state index < -0.39 is 0 Å². The van der Waals surface area contributed by atoms with Gasteiger partial charge in [-0.15, -0.1) is 0 Å². The standard InChI is InChI=1S/C30H46O3/c1-18-11-13-29(5)22(15-18)8-9-23-24(29)12-14-30(6)25(23)16-27-28(30)20(3)26(33-27)10-7-19(2)17-32-21(4)31/h8,18-19,23-25,27-28H,7,9-17H2,1-6H3/t18-,19-,23?,24?,25?,27?,28?,29-,30-/m0/s1. The predicted molar refractivity (Wildman–Crippen MR) is 132 cm³/mol. The van der Waals surface area contributed by atoms with Crippen LogP contribution in [0.3, 0.4) is 0 Å². The van der Waals surface area contributed by atoms with Crippen LogP contribution >= 0.6 is 0 Å². The Morgan fingerprint density at radius 2 is 2.03 bits per heavy atom. The summed E-state index contributed by atoms with van der Waals surface area (Å²) in [6.45, 7) is 14.2. The smallest absolute Gasteiger partial charge is 0.302 e. The van der Waals surface area contributed by atoms with Gasteiger partial charge in [-0.3, -0.25) is 4.79 Å². The third kappa shape index (κ3) is 3.80. The molecule has 3 heteroatoms. The van der Waals surface area contributed by atoms with Gasteiger partial charge < -0.3 is 9.47 Å². The topological polar surface area (TPSA) is 35.5 Å². The van der Waals surface area contributed by atoms with Gasteiger partial charge in [-0.2, -0.15) is 0 Å². The van der Waals surface area contributed by atoms with E-state index in [0.29, 0.717) is 35.4 Å². The van der Waals surface area contributed by atoms with Crippen molar-refractivity contribution in [2.45, 2.75) is 105 Å². The third-order valence-electron chi connectivity index (χ3n) is 11.0. The number of carbonyl (C=O) groups excluding carboxylic acids is 1. The van der Waals surface area contributed by atoms with Crippen LogP contribution in [0.15, 0.2) is 23.0 Å². The SMILES string of the molecule is CC(=O)OC[C@@H](C)CCC1=C(C)C2C(CC3C4CC=C5C[C@@H](C)CC[C@]5(C)C4CC[C@@]32C)O1. The number of hydrogen-bond donors (Lipinski definition) is 0. The molecule has 0 saturated heterocycles. The zero-order valence-electron chi connectivity index (χ0n) is 21.9. The lowest BCUT2D eigenvalue weighted by Crippen LogP contribution is -2.50. The molecule has 3 fully saturated rings. The molecule has 9 atom stereocenters. The summed E-state index contributed by atoms with van der Waals surface area (Å²) < 4.78 is 11.9. The number of esters is 1. The molecule has 1 heterocycles. The maximum absolute atomic E-state index is 11.1. The molecule has 0 aromatic rings. The maximum Gasteiger partial charge on any atom is 0.302 e. The fourth-order valence-corrected chi connectivity index (χ4v) is 9.15. The Hall–Kier alpha value is -1.25. The van der Waals surface area contributed by atoms with Gasteiger partial charge in [0.15, 0.2) is 0 Å². The molecular formula is C30H46O3. The lowest BCUT2D eigenvalue weighted by atomic mass is 9.47. The molecule has 184 valence electrons. The van der Waals surface area contributed by atoms with E-state index >= 15 is 0 Å². The average Bonchev–Trinajstić information content (AvgIpc) is 3.24. The third-order valence-corrected chi connectivity index (χ3v) is 11.0. The van der Waals surface area contributed by atoms with Crippen molar-refractivity contribution in [1.29, 1.82) is 0 Å². The Kier molecular flexibility index (Phi) is 6.02. The summed E-state index contributed by atoms with van der Waals surface area (Å²) in [5, 5.41) is 0. The Balaban J connectivity index is 1.30. The van der Waals surface area contributed by atoms with Gasteiger partial charge in [0.05, 0.1) is 12.4 Å². The van der Waals surface area contributed by atoms with Gasteiger partial charge in [0.1, 0.15) is 6.10 Å². The lowest BCUT2D eigenvalue weighted by Gasteiger charge is -2.58. The molecule has 3 saturated carbocycles. The predicted octanol–water partition coefficient (Wildman–Crippen LogP) is 7.46. The summed E-state index contributed by atoms with van der Waals surface area (Å²) in [5.74, 6) is 5.45. The molecule has 0 N–H and O–H groups in total. The van der Waals surface area contributed by atoms with Crippen molar-refractivity contribution in [2.75, 3.05) is 6.61 Å². The van der Waals surface area contributed by atoms with Gasteiger partial charge in [0, 0.05) is 19.3 Å². The highest BCUT2D eigenvalue weighted by Crippen LogP contribution is 2.69. The van der Waals surface area contributed by atoms with Crippen molar-refractivity contribution in [3.8, 4) is 0 Å². The Labute approximate surface area is 201 Å². The second-order valence-corrected chi connectivity index (χ2v) is 13.1. The highest BCUT2D eigenvalue weighted by molar-refractivity contribution is 5.65. The quantitative estimate of drug-likeness (QED) is 0.319. The number of allylic oxidation sites excluding steroid dienone is 3. The molecule has 5 rings (SSSR count). The fourth-order valence-electron chi connectivity index (χ4n) is 9.15. The molecule has 0 bridgehead atoms. The second kappa shape index (κ2) is 8.45. The Morgan fingerprint density at radius 1 is 1.24 bits per heavy atom. The van der Waals surface area contributed by atoms with E-state index in [0.717, 1.165) is 36.5 Å². The summed E-state index contributed by atoms with van der Waals surface area (Å²) in [7, 11) is 0. The number of fused-ring (bicyclic) bond motifs is 7. The van der Waals surface area contributed by atoms with Crippen molar-refractivity contribution in [3.63, 3.8) is 0 Å². The van der Waals surface area contributed by atoms with E-state index in [2.05, 4.69) is 40.7 Å². The van der Waals surface area contributed by atoms with Gasteiger partial charge in [-0.25, -0.2) is 0 Å². The second-order valence-electron chi connectivity index (χ2n) is 13.1. The monoisotopic (exact) mass is 454 g/mol. The van der Waals surface area contributed by atoms with Crippen LogP contribution in [-0.4, -0.2) is 18.7 Å². The summed E-state index contributed by atoms with van der Waals surface area (Å²) in [6, 6.07) is 0. The normalized spacial score (nSPS) is 44.7. The zero-order valence-corrected chi connectivity index (χ0v) is 21.9. The van der Waals surface area contributed by atoms with Crippen LogP contribution in [0.1, 0.15) is 99.3 Å². The summed E-state index contributed by atoms with van der Waals surface area (Å²) in [6.07, 6.45) is 14.6. The molecule has 5 unspecified atom stereocenters. The van der Waals surface area contributed by atoms with Crippen LogP contribution in [0, 0.1) is 46.3 Å². The van der Waals surface area contributed by atoms with E-state index in [1.807, 2.05) is 5.57 Å².